The minimum absolute atomic E-state index is 0.172. The lowest BCUT2D eigenvalue weighted by molar-refractivity contribution is -0.144. The molecular formula is C21H26ClN5O4S. The number of benzene rings is 2. The first-order valence-electron chi connectivity index (χ1n) is 9.66. The average Bonchev–Trinajstić information content (AvgIpc) is 2.81. The predicted molar refractivity (Wildman–Crippen MR) is 125 cm³/mol. The SMILES string of the molecule is COC(=O)C(C)CN(C(=O)NCc1ccc(Cl)cc1)C(=O)NNNc1cccc(SC)c1. The van der Waals surface area contributed by atoms with E-state index >= 15 is 0 Å². The molecule has 4 amide bonds. The van der Waals surface area contributed by atoms with Gasteiger partial charge in [-0.2, -0.15) is 0 Å². The molecule has 0 aliphatic carbocycles. The molecule has 0 aliphatic rings. The van der Waals surface area contributed by atoms with E-state index < -0.39 is 23.9 Å². The van der Waals surface area contributed by atoms with Crippen molar-refractivity contribution < 1.29 is 19.1 Å². The fourth-order valence-corrected chi connectivity index (χ4v) is 3.19. The van der Waals surface area contributed by atoms with Gasteiger partial charge in [0.25, 0.3) is 0 Å². The van der Waals surface area contributed by atoms with E-state index in [9.17, 15) is 14.4 Å². The zero-order valence-corrected chi connectivity index (χ0v) is 19.5. The Balaban J connectivity index is 1.99. The molecule has 1 unspecified atom stereocenters. The summed E-state index contributed by atoms with van der Waals surface area (Å²) in [6.45, 7) is 1.58. The lowest BCUT2D eigenvalue weighted by Gasteiger charge is -2.24. The van der Waals surface area contributed by atoms with E-state index in [1.54, 1.807) is 43.0 Å². The number of rotatable bonds is 9. The Kier molecular flexibility index (Phi) is 10.1. The molecule has 2 aromatic rings. The molecule has 1 atom stereocenters. The number of esters is 1. The molecule has 2 aromatic carbocycles. The highest BCUT2D eigenvalue weighted by Gasteiger charge is 2.26. The van der Waals surface area contributed by atoms with Crippen LogP contribution in [0.2, 0.25) is 5.02 Å². The molecule has 2 rings (SSSR count). The topological polar surface area (TPSA) is 112 Å². The minimum Gasteiger partial charge on any atom is -0.469 e. The van der Waals surface area contributed by atoms with E-state index in [-0.39, 0.29) is 13.1 Å². The highest BCUT2D eigenvalue weighted by Crippen LogP contribution is 2.18. The van der Waals surface area contributed by atoms with Gasteiger partial charge >= 0.3 is 18.0 Å². The van der Waals surface area contributed by atoms with E-state index in [4.69, 9.17) is 16.3 Å². The van der Waals surface area contributed by atoms with Crippen LogP contribution in [0.3, 0.4) is 0 Å². The maximum Gasteiger partial charge on any atom is 0.341 e. The number of urea groups is 2. The lowest BCUT2D eigenvalue weighted by Crippen LogP contribution is -2.54. The first-order valence-corrected chi connectivity index (χ1v) is 11.3. The average molecular weight is 480 g/mol. The molecule has 0 heterocycles. The van der Waals surface area contributed by atoms with Gasteiger partial charge < -0.3 is 15.5 Å². The number of carbonyl (C=O) groups is 3. The number of methoxy groups -OCH3 is 1. The first-order chi connectivity index (χ1) is 15.3. The Hall–Kier alpha value is -2.95. The van der Waals surface area contributed by atoms with Gasteiger partial charge in [-0.05, 0) is 42.2 Å². The Morgan fingerprint density at radius 1 is 1.12 bits per heavy atom. The summed E-state index contributed by atoms with van der Waals surface area (Å²) in [4.78, 5) is 39.1. The summed E-state index contributed by atoms with van der Waals surface area (Å²) in [5, 5.41) is 3.24. The first kappa shape index (κ1) is 25.3. The summed E-state index contributed by atoms with van der Waals surface area (Å²) in [6, 6.07) is 13.0. The summed E-state index contributed by atoms with van der Waals surface area (Å²) < 4.78 is 4.70. The third kappa shape index (κ3) is 7.95. The van der Waals surface area contributed by atoms with Crippen LogP contribution in [0.4, 0.5) is 15.3 Å². The van der Waals surface area contributed by atoms with Crippen LogP contribution in [0.25, 0.3) is 0 Å². The number of carbonyl (C=O) groups excluding carboxylic acids is 3. The molecule has 0 spiro atoms. The third-order valence-electron chi connectivity index (χ3n) is 4.35. The molecule has 0 aromatic heterocycles. The molecule has 0 saturated carbocycles. The van der Waals surface area contributed by atoms with E-state index in [1.165, 1.54) is 7.11 Å². The number of hydrogen-bond acceptors (Lipinski definition) is 7. The molecule has 9 nitrogen and oxygen atoms in total. The summed E-state index contributed by atoms with van der Waals surface area (Å²) in [5.41, 5.74) is 9.34. The maximum absolute atomic E-state index is 12.7. The second-order valence-corrected chi connectivity index (χ2v) is 8.05. The number of imide groups is 1. The van der Waals surface area contributed by atoms with Gasteiger partial charge in [0.1, 0.15) is 0 Å². The fourth-order valence-electron chi connectivity index (χ4n) is 2.61. The van der Waals surface area contributed by atoms with Crippen LogP contribution in [0.5, 0.6) is 0 Å². The number of hydrazine groups is 2. The molecular weight excluding hydrogens is 454 g/mol. The second-order valence-electron chi connectivity index (χ2n) is 6.73. The van der Waals surface area contributed by atoms with E-state index in [0.29, 0.717) is 5.02 Å². The van der Waals surface area contributed by atoms with Crippen LogP contribution in [0.1, 0.15) is 12.5 Å². The Labute approximate surface area is 196 Å². The summed E-state index contributed by atoms with van der Waals surface area (Å²) in [6.07, 6.45) is 1.96. The fraction of sp³-hybridized carbons (Fsp3) is 0.286. The smallest absolute Gasteiger partial charge is 0.341 e. The van der Waals surface area contributed by atoms with Crippen LogP contribution in [0, 0.1) is 5.92 Å². The van der Waals surface area contributed by atoms with Gasteiger partial charge in [-0.15, -0.1) is 17.3 Å². The van der Waals surface area contributed by atoms with Crippen molar-refractivity contribution in [1.29, 1.82) is 0 Å². The number of thioether (sulfide) groups is 1. The molecule has 32 heavy (non-hydrogen) atoms. The minimum atomic E-state index is -0.747. The Morgan fingerprint density at radius 3 is 2.50 bits per heavy atom. The van der Waals surface area contributed by atoms with Gasteiger partial charge in [0.05, 0.1) is 18.7 Å². The highest BCUT2D eigenvalue weighted by molar-refractivity contribution is 7.98. The van der Waals surface area contributed by atoms with Crippen LogP contribution in [-0.2, 0) is 16.1 Å². The van der Waals surface area contributed by atoms with Crippen molar-refractivity contribution in [2.75, 3.05) is 25.3 Å². The van der Waals surface area contributed by atoms with E-state index in [1.807, 2.05) is 30.5 Å². The summed E-state index contributed by atoms with van der Waals surface area (Å²) in [7, 11) is 1.25. The number of nitrogens with zero attached hydrogens (tertiary/aromatic N) is 1. The van der Waals surface area contributed by atoms with Crippen LogP contribution >= 0.6 is 23.4 Å². The van der Waals surface area contributed by atoms with Crippen molar-refractivity contribution in [1.82, 2.24) is 21.2 Å². The van der Waals surface area contributed by atoms with Gasteiger partial charge in [-0.25, -0.2) is 14.5 Å². The molecule has 4 N–H and O–H groups in total. The Bertz CT molecular complexity index is 929. The van der Waals surface area contributed by atoms with Crippen molar-refractivity contribution in [2.24, 2.45) is 5.92 Å². The number of nitrogens with one attached hydrogen (secondary N) is 4. The van der Waals surface area contributed by atoms with Crippen molar-refractivity contribution in [2.45, 2.75) is 18.4 Å². The van der Waals surface area contributed by atoms with E-state index in [0.717, 1.165) is 21.0 Å². The monoisotopic (exact) mass is 479 g/mol. The highest BCUT2D eigenvalue weighted by atomic mass is 35.5. The predicted octanol–water partition coefficient (Wildman–Crippen LogP) is 3.62. The largest absolute Gasteiger partial charge is 0.469 e. The van der Waals surface area contributed by atoms with Gasteiger partial charge in [-0.1, -0.05) is 36.7 Å². The molecule has 11 heteroatoms. The molecule has 172 valence electrons. The van der Waals surface area contributed by atoms with Gasteiger partial charge in [0.2, 0.25) is 0 Å². The second kappa shape index (κ2) is 12.8. The molecule has 0 aliphatic heterocycles. The number of ether oxygens (including phenoxy) is 1. The van der Waals surface area contributed by atoms with Gasteiger partial charge in [-0.3, -0.25) is 10.2 Å². The summed E-state index contributed by atoms with van der Waals surface area (Å²) in [5.74, 6) is -1.24. The molecule has 0 saturated heterocycles. The quantitative estimate of drug-likeness (QED) is 0.247. The number of halogens is 1. The van der Waals surface area contributed by atoms with Gasteiger partial charge in [0, 0.05) is 23.0 Å². The zero-order valence-electron chi connectivity index (χ0n) is 18.0. The number of amides is 4. The van der Waals surface area contributed by atoms with Crippen LogP contribution in [0.15, 0.2) is 53.4 Å². The van der Waals surface area contributed by atoms with Crippen LogP contribution < -0.4 is 21.7 Å². The van der Waals surface area contributed by atoms with Crippen molar-refractivity contribution >= 4 is 47.1 Å². The standard InChI is InChI=1S/C21H26ClN5O4S/c1-14(19(28)31-2)13-27(20(29)23-12-15-7-9-16(22)10-8-15)21(30)25-26-24-17-5-4-6-18(11-17)32-3/h4-11,14,24,26H,12-13H2,1-3H3,(H,23,29)(H,25,30). The molecule has 0 fully saturated rings. The third-order valence-corrected chi connectivity index (χ3v) is 5.33. The van der Waals surface area contributed by atoms with Crippen molar-refractivity contribution in [3.05, 3.63) is 59.1 Å². The van der Waals surface area contributed by atoms with Crippen LogP contribution in [-0.4, -0.2) is 42.8 Å². The zero-order chi connectivity index (χ0) is 23.5. The normalized spacial score (nSPS) is 11.2. The maximum atomic E-state index is 12.7. The van der Waals surface area contributed by atoms with Crippen molar-refractivity contribution in [3.63, 3.8) is 0 Å². The molecule has 0 bridgehead atoms. The molecule has 0 radical (unpaired) electrons. The Morgan fingerprint density at radius 2 is 1.84 bits per heavy atom. The van der Waals surface area contributed by atoms with Crippen molar-refractivity contribution in [3.8, 4) is 0 Å². The summed E-state index contributed by atoms with van der Waals surface area (Å²) >= 11 is 7.45. The van der Waals surface area contributed by atoms with Gasteiger partial charge in [0.15, 0.2) is 0 Å². The number of hydrogen-bond donors (Lipinski definition) is 4. The lowest BCUT2D eigenvalue weighted by atomic mass is 10.2. The van der Waals surface area contributed by atoms with E-state index in [2.05, 4.69) is 21.7 Å². The number of anilines is 1.